The molecule has 0 atom stereocenters. The quantitative estimate of drug-likeness (QED) is 0.591. The van der Waals surface area contributed by atoms with E-state index in [4.69, 9.17) is 10.5 Å². The molecule has 0 bridgehead atoms. The van der Waals surface area contributed by atoms with Crippen LogP contribution in [0.5, 0.6) is 0 Å². The third-order valence-electron chi connectivity index (χ3n) is 0.939. The van der Waals surface area contributed by atoms with Crippen molar-refractivity contribution in [3.63, 3.8) is 0 Å². The number of rotatable bonds is 1. The van der Waals surface area contributed by atoms with Gasteiger partial charge in [0.05, 0.1) is 6.54 Å². The van der Waals surface area contributed by atoms with Crippen molar-refractivity contribution >= 4 is 11.9 Å². The van der Waals surface area contributed by atoms with E-state index >= 15 is 0 Å². The minimum atomic E-state index is -0.406. The molecule has 0 aromatic rings. The van der Waals surface area contributed by atoms with Crippen LogP contribution in [0.1, 0.15) is 27.7 Å². The Kier molecular flexibility index (Phi) is 8.04. The summed E-state index contributed by atoms with van der Waals surface area (Å²) < 4.78 is 4.82. The molecule has 1 amide bonds. The van der Waals surface area contributed by atoms with Gasteiger partial charge in [0.1, 0.15) is 5.60 Å². The third-order valence-corrected chi connectivity index (χ3v) is 0.939. The average Bonchev–Trinajstić information content (AvgIpc) is 2.02. The van der Waals surface area contributed by atoms with E-state index in [2.05, 4.69) is 5.32 Å². The molecule has 0 aliphatic heterocycles. The molecule has 0 saturated carbocycles. The standard InChI is InChI=1S/C6H13NO2.C3H7NO/c1-6(2,3)9-5(8)4-7;1-3(5)4-2/h4,7H2,1-3H3;1-2H3,(H,4,5). The summed E-state index contributed by atoms with van der Waals surface area (Å²) in [5.74, 6) is -0.354. The number of hydrogen-bond donors (Lipinski definition) is 2. The Hall–Kier alpha value is -1.10. The van der Waals surface area contributed by atoms with E-state index in [1.165, 1.54) is 6.92 Å². The van der Waals surface area contributed by atoms with Crippen LogP contribution >= 0.6 is 0 Å². The third kappa shape index (κ3) is 17.1. The Morgan fingerprint density at radius 3 is 1.79 bits per heavy atom. The zero-order valence-corrected chi connectivity index (χ0v) is 9.51. The minimum absolute atomic E-state index is 0.00463. The zero-order valence-electron chi connectivity index (χ0n) is 9.51. The number of amides is 1. The molecule has 0 saturated heterocycles. The van der Waals surface area contributed by atoms with Gasteiger partial charge >= 0.3 is 5.97 Å². The first-order valence-electron chi connectivity index (χ1n) is 4.33. The predicted molar refractivity (Wildman–Crippen MR) is 54.6 cm³/mol. The van der Waals surface area contributed by atoms with Crippen molar-refractivity contribution in [2.75, 3.05) is 13.6 Å². The van der Waals surface area contributed by atoms with Crippen LogP contribution < -0.4 is 11.1 Å². The van der Waals surface area contributed by atoms with Crippen LogP contribution in [-0.4, -0.2) is 31.1 Å². The van der Waals surface area contributed by atoms with Gasteiger partial charge in [-0.25, -0.2) is 0 Å². The molecule has 5 nitrogen and oxygen atoms in total. The Balaban J connectivity index is 0. The molecule has 0 aromatic heterocycles. The maximum Gasteiger partial charge on any atom is 0.320 e. The van der Waals surface area contributed by atoms with Crippen LogP contribution in [0.15, 0.2) is 0 Å². The summed E-state index contributed by atoms with van der Waals surface area (Å²) in [4.78, 5) is 20.2. The van der Waals surface area contributed by atoms with Gasteiger partial charge < -0.3 is 15.8 Å². The van der Waals surface area contributed by atoms with Crippen LogP contribution in [0.3, 0.4) is 0 Å². The molecule has 0 spiro atoms. The van der Waals surface area contributed by atoms with E-state index in [1.807, 2.05) is 0 Å². The molecule has 5 heteroatoms. The number of ether oxygens (including phenoxy) is 1. The van der Waals surface area contributed by atoms with E-state index in [1.54, 1.807) is 27.8 Å². The summed E-state index contributed by atoms with van der Waals surface area (Å²) in [7, 11) is 1.60. The highest BCUT2D eigenvalue weighted by atomic mass is 16.6. The lowest BCUT2D eigenvalue weighted by Gasteiger charge is -2.18. The van der Waals surface area contributed by atoms with Crippen molar-refractivity contribution in [1.82, 2.24) is 5.32 Å². The molecule has 3 N–H and O–H groups in total. The molecular weight excluding hydrogens is 184 g/mol. The topological polar surface area (TPSA) is 81.4 Å². The maximum absolute atomic E-state index is 10.5. The molecule has 0 aromatic carbocycles. The minimum Gasteiger partial charge on any atom is -0.459 e. The molecular formula is C9H20N2O3. The Bertz CT molecular complexity index is 185. The van der Waals surface area contributed by atoms with Crippen molar-refractivity contribution in [1.29, 1.82) is 0 Å². The number of carbonyl (C=O) groups is 2. The SMILES string of the molecule is CC(C)(C)OC(=O)CN.CNC(C)=O. The molecule has 0 aliphatic carbocycles. The van der Waals surface area contributed by atoms with E-state index in [-0.39, 0.29) is 18.4 Å². The van der Waals surface area contributed by atoms with Crippen LogP contribution in [0, 0.1) is 0 Å². The van der Waals surface area contributed by atoms with Crippen LogP contribution in [-0.2, 0) is 14.3 Å². The van der Waals surface area contributed by atoms with Gasteiger partial charge in [0, 0.05) is 14.0 Å². The van der Waals surface area contributed by atoms with E-state index < -0.39 is 5.60 Å². The highest BCUT2D eigenvalue weighted by Gasteiger charge is 2.13. The van der Waals surface area contributed by atoms with E-state index in [9.17, 15) is 9.59 Å². The normalized spacial score (nSPS) is 9.57. The van der Waals surface area contributed by atoms with E-state index in [0.29, 0.717) is 0 Å². The first kappa shape index (κ1) is 15.4. The van der Waals surface area contributed by atoms with Crippen molar-refractivity contribution in [3.8, 4) is 0 Å². The first-order valence-corrected chi connectivity index (χ1v) is 4.33. The van der Waals surface area contributed by atoms with Crippen LogP contribution in [0.4, 0.5) is 0 Å². The van der Waals surface area contributed by atoms with E-state index in [0.717, 1.165) is 0 Å². The number of nitrogens with two attached hydrogens (primary N) is 1. The van der Waals surface area contributed by atoms with Gasteiger partial charge in [-0.15, -0.1) is 0 Å². The van der Waals surface area contributed by atoms with Gasteiger partial charge in [0.25, 0.3) is 0 Å². The molecule has 0 radical (unpaired) electrons. The molecule has 14 heavy (non-hydrogen) atoms. The highest BCUT2D eigenvalue weighted by molar-refractivity contribution is 5.72. The van der Waals surface area contributed by atoms with Crippen LogP contribution in [0.2, 0.25) is 0 Å². The summed E-state index contributed by atoms with van der Waals surface area (Å²) in [6.07, 6.45) is 0. The van der Waals surface area contributed by atoms with Gasteiger partial charge in [0.2, 0.25) is 5.91 Å². The molecule has 84 valence electrons. The monoisotopic (exact) mass is 204 g/mol. The van der Waals surface area contributed by atoms with Crippen LogP contribution in [0.25, 0.3) is 0 Å². The molecule has 0 aliphatic rings. The summed E-state index contributed by atoms with van der Waals surface area (Å²) >= 11 is 0. The average molecular weight is 204 g/mol. The van der Waals surface area contributed by atoms with Gasteiger partial charge in [-0.1, -0.05) is 0 Å². The number of hydrogen-bond acceptors (Lipinski definition) is 4. The Morgan fingerprint density at radius 2 is 1.71 bits per heavy atom. The predicted octanol–water partition coefficient (Wildman–Crippen LogP) is 0.0391. The second kappa shape index (κ2) is 7.32. The largest absolute Gasteiger partial charge is 0.459 e. The lowest BCUT2D eigenvalue weighted by molar-refractivity contribution is -0.152. The Morgan fingerprint density at radius 1 is 1.36 bits per heavy atom. The zero-order chi connectivity index (χ0) is 11.8. The second-order valence-corrected chi connectivity index (χ2v) is 3.60. The number of carbonyl (C=O) groups excluding carboxylic acids is 2. The van der Waals surface area contributed by atoms with Crippen molar-refractivity contribution in [2.45, 2.75) is 33.3 Å². The molecule has 0 heterocycles. The molecule has 0 unspecified atom stereocenters. The Labute approximate surface area is 85.0 Å². The molecule has 0 rings (SSSR count). The van der Waals surface area contributed by atoms with Crippen molar-refractivity contribution in [3.05, 3.63) is 0 Å². The van der Waals surface area contributed by atoms with Gasteiger partial charge in [-0.05, 0) is 20.8 Å². The highest BCUT2D eigenvalue weighted by Crippen LogP contribution is 2.05. The summed E-state index contributed by atoms with van der Waals surface area (Å²) in [5.41, 5.74) is 4.60. The second-order valence-electron chi connectivity index (χ2n) is 3.60. The summed E-state index contributed by atoms with van der Waals surface area (Å²) in [5, 5.41) is 2.39. The number of nitrogens with one attached hydrogen (secondary N) is 1. The fourth-order valence-electron chi connectivity index (χ4n) is 0.383. The summed E-state index contributed by atoms with van der Waals surface area (Å²) in [6, 6.07) is 0. The lowest BCUT2D eigenvalue weighted by atomic mass is 10.2. The van der Waals surface area contributed by atoms with Crippen molar-refractivity contribution in [2.24, 2.45) is 5.73 Å². The molecule has 0 fully saturated rings. The van der Waals surface area contributed by atoms with Gasteiger partial charge in [-0.3, -0.25) is 9.59 Å². The fraction of sp³-hybridized carbons (Fsp3) is 0.778. The first-order chi connectivity index (χ1) is 6.22. The van der Waals surface area contributed by atoms with Crippen molar-refractivity contribution < 1.29 is 14.3 Å². The smallest absolute Gasteiger partial charge is 0.320 e. The summed E-state index contributed by atoms with van der Waals surface area (Å²) in [6.45, 7) is 6.85. The maximum atomic E-state index is 10.5. The number of esters is 1. The lowest BCUT2D eigenvalue weighted by Crippen LogP contribution is -2.28. The van der Waals surface area contributed by atoms with Gasteiger partial charge in [0.15, 0.2) is 0 Å². The fourth-order valence-corrected chi connectivity index (χ4v) is 0.383. The van der Waals surface area contributed by atoms with Gasteiger partial charge in [-0.2, -0.15) is 0 Å².